The van der Waals surface area contributed by atoms with Crippen LogP contribution in [0.15, 0.2) is 60.1 Å². The van der Waals surface area contributed by atoms with Crippen LogP contribution in [0.2, 0.25) is 0 Å². The van der Waals surface area contributed by atoms with Gasteiger partial charge in [0.25, 0.3) is 0 Å². The fourth-order valence-electron chi connectivity index (χ4n) is 4.61. The lowest BCUT2D eigenvalue weighted by Gasteiger charge is -2.40. The van der Waals surface area contributed by atoms with Gasteiger partial charge >= 0.3 is 0 Å². The van der Waals surface area contributed by atoms with Gasteiger partial charge in [-0.05, 0) is 56.5 Å². The molecule has 0 aliphatic carbocycles. The molecule has 1 atom stereocenters. The van der Waals surface area contributed by atoms with Gasteiger partial charge in [0.05, 0.1) is 0 Å². The molecule has 2 aliphatic heterocycles. The first-order valence-electron chi connectivity index (χ1n) is 10.9. The van der Waals surface area contributed by atoms with Crippen molar-refractivity contribution in [2.45, 2.75) is 45.2 Å². The molecule has 0 radical (unpaired) electrons. The van der Waals surface area contributed by atoms with E-state index in [4.69, 9.17) is 0 Å². The zero-order valence-corrected chi connectivity index (χ0v) is 18.6. The van der Waals surface area contributed by atoms with Crippen molar-refractivity contribution in [3.63, 3.8) is 0 Å². The van der Waals surface area contributed by atoms with E-state index in [-0.39, 0.29) is 5.82 Å². The second-order valence-electron chi connectivity index (χ2n) is 8.10. The van der Waals surface area contributed by atoms with Gasteiger partial charge in [-0.25, -0.2) is 9.37 Å². The summed E-state index contributed by atoms with van der Waals surface area (Å²) >= 11 is 1.73. The fraction of sp³-hybridized carbons (Fsp3) is 0.400. The first kappa shape index (κ1) is 21.0. The van der Waals surface area contributed by atoms with Crippen LogP contribution in [0.1, 0.15) is 32.3 Å². The second kappa shape index (κ2) is 9.71. The van der Waals surface area contributed by atoms with Crippen LogP contribution in [0.4, 0.5) is 10.1 Å². The third-order valence-corrected chi connectivity index (χ3v) is 6.99. The summed E-state index contributed by atoms with van der Waals surface area (Å²) in [5, 5.41) is 3.19. The fourth-order valence-corrected chi connectivity index (χ4v) is 5.25. The molecule has 2 aliphatic rings. The molecule has 3 aromatic rings. The second-order valence-corrected chi connectivity index (χ2v) is 9.00. The van der Waals surface area contributed by atoms with Crippen molar-refractivity contribution in [1.29, 1.82) is 0 Å². The minimum atomic E-state index is -0.178. The lowest BCUT2D eigenvalue weighted by Crippen LogP contribution is -2.47. The van der Waals surface area contributed by atoms with Crippen LogP contribution in [0.5, 0.6) is 0 Å². The van der Waals surface area contributed by atoms with Crippen LogP contribution in [0.25, 0.3) is 10.6 Å². The molecule has 3 heterocycles. The van der Waals surface area contributed by atoms with Gasteiger partial charge < -0.3 is 9.80 Å². The number of halogens is 1. The Hall–Kier alpha value is -2.24. The highest BCUT2D eigenvalue weighted by molar-refractivity contribution is 7.13. The lowest BCUT2D eigenvalue weighted by molar-refractivity contribution is 0.216. The van der Waals surface area contributed by atoms with Crippen LogP contribution in [-0.4, -0.2) is 41.6 Å². The number of benzene rings is 2. The molecule has 1 aromatic heterocycles. The Balaban J connectivity index is 0.000000265. The first-order valence-corrected chi connectivity index (χ1v) is 11.8. The summed E-state index contributed by atoms with van der Waals surface area (Å²) in [7, 11) is 0. The molecule has 5 heteroatoms. The number of rotatable bonds is 3. The Labute approximate surface area is 183 Å². The molecule has 5 rings (SSSR count). The van der Waals surface area contributed by atoms with Crippen LogP contribution in [0, 0.1) is 5.82 Å². The number of nitrogens with zero attached hydrogens (tertiary/aromatic N) is 3. The van der Waals surface area contributed by atoms with Gasteiger partial charge in [-0.1, -0.05) is 37.3 Å². The topological polar surface area (TPSA) is 19.4 Å². The van der Waals surface area contributed by atoms with Gasteiger partial charge in [0, 0.05) is 48.0 Å². The average Bonchev–Trinajstić information content (AvgIpc) is 3.42. The summed E-state index contributed by atoms with van der Waals surface area (Å²) in [6.45, 7) is 8.33. The summed E-state index contributed by atoms with van der Waals surface area (Å²) in [6.07, 6.45) is 5.66. The highest BCUT2D eigenvalue weighted by atomic mass is 32.1. The van der Waals surface area contributed by atoms with E-state index in [1.165, 1.54) is 67.8 Å². The monoisotopic (exact) mass is 423 g/mol. The van der Waals surface area contributed by atoms with Gasteiger partial charge in [-0.2, -0.15) is 0 Å². The van der Waals surface area contributed by atoms with Crippen molar-refractivity contribution in [3.8, 4) is 10.6 Å². The summed E-state index contributed by atoms with van der Waals surface area (Å²) in [6, 6.07) is 16.2. The number of fused-ring (bicyclic) bond motifs is 1. The summed E-state index contributed by atoms with van der Waals surface area (Å²) in [5.41, 5.74) is 4.24. The van der Waals surface area contributed by atoms with Gasteiger partial charge in [0.15, 0.2) is 0 Å². The zero-order valence-electron chi connectivity index (χ0n) is 17.8. The van der Waals surface area contributed by atoms with E-state index in [0.717, 1.165) is 5.01 Å². The van der Waals surface area contributed by atoms with E-state index >= 15 is 0 Å². The molecule has 158 valence electrons. The van der Waals surface area contributed by atoms with E-state index in [0.29, 0.717) is 12.1 Å². The van der Waals surface area contributed by atoms with Gasteiger partial charge in [0.1, 0.15) is 10.8 Å². The molecule has 0 spiro atoms. The number of hydrogen-bond donors (Lipinski definition) is 0. The Bertz CT molecular complexity index is 921. The van der Waals surface area contributed by atoms with Gasteiger partial charge in [-0.15, -0.1) is 11.3 Å². The number of likely N-dealkylation sites (tertiary alicyclic amines) is 1. The van der Waals surface area contributed by atoms with E-state index in [9.17, 15) is 4.39 Å². The molecule has 0 N–H and O–H groups in total. The molecule has 30 heavy (non-hydrogen) atoms. The van der Waals surface area contributed by atoms with Crippen molar-refractivity contribution >= 4 is 17.0 Å². The SMILES string of the molecule is CCN1CCC(N2c3cc(-c4nccs4)ccc3CC2C)CC1.Fc1ccccc1. The van der Waals surface area contributed by atoms with E-state index < -0.39 is 0 Å². The summed E-state index contributed by atoms with van der Waals surface area (Å²) in [5.74, 6) is -0.178. The van der Waals surface area contributed by atoms with Crippen LogP contribution < -0.4 is 4.90 Å². The van der Waals surface area contributed by atoms with Crippen LogP contribution in [0.3, 0.4) is 0 Å². The normalized spacial score (nSPS) is 19.3. The quantitative estimate of drug-likeness (QED) is 0.525. The largest absolute Gasteiger partial charge is 0.365 e. The number of hydrogen-bond acceptors (Lipinski definition) is 4. The third-order valence-electron chi connectivity index (χ3n) is 6.16. The molecule has 1 unspecified atom stereocenters. The predicted octanol–water partition coefficient (Wildman–Crippen LogP) is 5.87. The number of anilines is 1. The highest BCUT2D eigenvalue weighted by Gasteiger charge is 2.33. The Morgan fingerprint density at radius 2 is 1.87 bits per heavy atom. The Morgan fingerprint density at radius 1 is 1.10 bits per heavy atom. The minimum absolute atomic E-state index is 0.178. The lowest BCUT2D eigenvalue weighted by atomic mass is 10.0. The van der Waals surface area contributed by atoms with Crippen molar-refractivity contribution in [2.75, 3.05) is 24.5 Å². The average molecular weight is 424 g/mol. The minimum Gasteiger partial charge on any atom is -0.365 e. The molecule has 1 fully saturated rings. The van der Waals surface area contributed by atoms with E-state index in [1.807, 2.05) is 6.20 Å². The van der Waals surface area contributed by atoms with Crippen LogP contribution >= 0.6 is 11.3 Å². The Morgan fingerprint density at radius 3 is 2.47 bits per heavy atom. The number of aromatic nitrogens is 1. The maximum absolute atomic E-state index is 11.9. The molecule has 0 bridgehead atoms. The molecule has 3 nitrogen and oxygen atoms in total. The number of thiazole rings is 1. The standard InChI is InChI=1S/C19H25N3S.C6H5F/c1-3-21-9-6-17(7-10-21)22-14(2)12-15-4-5-16(13-18(15)22)19-20-8-11-23-19;7-6-4-2-1-3-5-6/h4-5,8,11,13-14,17H,3,6-7,9-10,12H2,1-2H3;1-5H. The third kappa shape index (κ3) is 4.73. The highest BCUT2D eigenvalue weighted by Crippen LogP contribution is 2.39. The van der Waals surface area contributed by atoms with E-state index in [1.54, 1.807) is 29.5 Å². The van der Waals surface area contributed by atoms with Crippen molar-refractivity contribution in [1.82, 2.24) is 9.88 Å². The van der Waals surface area contributed by atoms with Gasteiger partial charge in [0.2, 0.25) is 0 Å². The smallest absolute Gasteiger partial charge is 0.123 e. The van der Waals surface area contributed by atoms with Crippen molar-refractivity contribution in [3.05, 3.63) is 71.5 Å². The maximum atomic E-state index is 11.9. The van der Waals surface area contributed by atoms with E-state index in [2.05, 4.69) is 52.2 Å². The molecule has 1 saturated heterocycles. The molecular formula is C25H30FN3S. The van der Waals surface area contributed by atoms with Gasteiger partial charge in [-0.3, -0.25) is 0 Å². The van der Waals surface area contributed by atoms with Crippen LogP contribution in [-0.2, 0) is 6.42 Å². The summed E-state index contributed by atoms with van der Waals surface area (Å²) in [4.78, 5) is 9.76. The molecule has 0 saturated carbocycles. The summed E-state index contributed by atoms with van der Waals surface area (Å²) < 4.78 is 11.9. The van der Waals surface area contributed by atoms with Crippen molar-refractivity contribution < 1.29 is 4.39 Å². The molecule has 0 amide bonds. The predicted molar refractivity (Wildman–Crippen MR) is 125 cm³/mol. The first-order chi connectivity index (χ1) is 14.7. The van der Waals surface area contributed by atoms with Crippen molar-refractivity contribution in [2.24, 2.45) is 0 Å². The Kier molecular flexibility index (Phi) is 6.80. The zero-order chi connectivity index (χ0) is 20.9. The molecule has 2 aromatic carbocycles. The molecular weight excluding hydrogens is 393 g/mol. The maximum Gasteiger partial charge on any atom is 0.123 e. The number of piperidine rings is 1.